The van der Waals surface area contributed by atoms with Gasteiger partial charge in [0, 0.05) is 32.7 Å². The predicted octanol–water partition coefficient (Wildman–Crippen LogP) is -1.05. The van der Waals surface area contributed by atoms with Gasteiger partial charge in [0.05, 0.1) is 0 Å². The maximum Gasteiger partial charge on any atom is 0.341 e. The maximum absolute atomic E-state index is 12.3. The number of carboxylic acids is 1. The lowest BCUT2D eigenvalue weighted by molar-refractivity contribution is -0.129. The number of aromatic nitrogens is 2. The first-order chi connectivity index (χ1) is 10.2. The Morgan fingerprint density at radius 3 is 2.41 bits per heavy atom. The Kier molecular flexibility index (Phi) is 3.72. The average Bonchev–Trinajstić information content (AvgIpc) is 2.44. The number of amides is 1. The fraction of sp³-hybridized carbons (Fsp3) is 0.231. The molecule has 2 aromatic heterocycles. The number of carboxylic acid groups (broad SMARTS) is 1. The molecule has 0 radical (unpaired) electrons. The van der Waals surface area contributed by atoms with Gasteiger partial charge in [0.2, 0.25) is 11.3 Å². The van der Waals surface area contributed by atoms with Gasteiger partial charge < -0.3 is 24.1 Å². The van der Waals surface area contributed by atoms with Crippen LogP contribution in [-0.2, 0) is 11.3 Å². The van der Waals surface area contributed by atoms with Crippen LogP contribution in [-0.4, -0.2) is 50.1 Å². The Morgan fingerprint density at radius 2 is 1.86 bits per heavy atom. The Hall–Kier alpha value is -3.10. The van der Waals surface area contributed by atoms with E-state index in [4.69, 9.17) is 5.11 Å². The van der Waals surface area contributed by atoms with E-state index in [2.05, 4.69) is 0 Å². The van der Waals surface area contributed by atoms with Gasteiger partial charge >= 0.3 is 5.97 Å². The fourth-order valence-electron chi connectivity index (χ4n) is 1.87. The summed E-state index contributed by atoms with van der Waals surface area (Å²) in [6, 6.07) is 0. The molecule has 0 aliphatic carbocycles. The van der Waals surface area contributed by atoms with E-state index in [1.165, 1.54) is 31.4 Å². The summed E-state index contributed by atoms with van der Waals surface area (Å²) < 4.78 is 2.07. The van der Waals surface area contributed by atoms with E-state index in [0.29, 0.717) is 0 Å². The number of carbonyl (C=O) groups excluding carboxylic acids is 1. The molecule has 1 amide bonds. The molecule has 0 atom stereocenters. The van der Waals surface area contributed by atoms with Crippen LogP contribution in [0.15, 0.2) is 28.2 Å². The molecule has 0 aliphatic heterocycles. The highest BCUT2D eigenvalue weighted by Crippen LogP contribution is 2.10. The lowest BCUT2D eigenvalue weighted by atomic mass is 10.2. The molecule has 0 saturated heterocycles. The summed E-state index contributed by atoms with van der Waals surface area (Å²) in [7, 11) is 3.05. The predicted molar refractivity (Wildman–Crippen MR) is 75.2 cm³/mol. The van der Waals surface area contributed by atoms with Gasteiger partial charge in [-0.25, -0.2) is 4.79 Å². The van der Waals surface area contributed by atoms with Gasteiger partial charge in [-0.05, 0) is 0 Å². The topological polar surface area (TPSA) is 121 Å². The number of carbonyl (C=O) groups is 2. The van der Waals surface area contributed by atoms with Gasteiger partial charge in [-0.15, -0.1) is 0 Å². The number of rotatable bonds is 3. The number of hydrogen-bond donors (Lipinski definition) is 2. The number of likely N-dealkylation sites (N-methyl/N-ethyl adjacent to an activating group) is 1. The molecule has 0 fully saturated rings. The summed E-state index contributed by atoms with van der Waals surface area (Å²) in [5.74, 6) is -2.83. The standard InChI is InChI=1S/C13H13N3O6/c1-14(2)8(17)6-16-4-3-15-5-7(13(21)22)10(18)11(19)9(15)12(16)20/h3-5,19H,6H2,1-2H3,(H,21,22). The van der Waals surface area contributed by atoms with Gasteiger partial charge in [-0.3, -0.25) is 14.4 Å². The first kappa shape index (κ1) is 15.3. The molecule has 0 unspecified atom stereocenters. The van der Waals surface area contributed by atoms with Crippen LogP contribution in [0.1, 0.15) is 10.4 Å². The van der Waals surface area contributed by atoms with Crippen LogP contribution in [0.5, 0.6) is 5.75 Å². The second kappa shape index (κ2) is 5.35. The lowest BCUT2D eigenvalue weighted by Gasteiger charge is -2.13. The molecule has 9 nitrogen and oxygen atoms in total. The number of fused-ring (bicyclic) bond motifs is 1. The van der Waals surface area contributed by atoms with Crippen LogP contribution < -0.4 is 11.0 Å². The van der Waals surface area contributed by atoms with Gasteiger partial charge in [-0.1, -0.05) is 0 Å². The molecule has 0 bridgehead atoms. The summed E-state index contributed by atoms with van der Waals surface area (Å²) in [6.45, 7) is -0.267. The van der Waals surface area contributed by atoms with Crippen molar-refractivity contribution >= 4 is 17.4 Å². The lowest BCUT2D eigenvalue weighted by Crippen LogP contribution is -2.32. The van der Waals surface area contributed by atoms with Crippen molar-refractivity contribution in [2.45, 2.75) is 6.54 Å². The van der Waals surface area contributed by atoms with Gasteiger partial charge in [-0.2, -0.15) is 0 Å². The van der Waals surface area contributed by atoms with Crippen molar-refractivity contribution in [3.8, 4) is 5.75 Å². The molecule has 0 aliphatic rings. The fourth-order valence-corrected chi connectivity index (χ4v) is 1.87. The third-order valence-corrected chi connectivity index (χ3v) is 3.12. The van der Waals surface area contributed by atoms with Gasteiger partial charge in [0.15, 0.2) is 11.3 Å². The number of aromatic hydroxyl groups is 1. The van der Waals surface area contributed by atoms with Gasteiger partial charge in [0.1, 0.15) is 12.1 Å². The summed E-state index contributed by atoms with van der Waals surface area (Å²) in [4.78, 5) is 47.9. The van der Waals surface area contributed by atoms with E-state index in [-0.39, 0.29) is 18.0 Å². The van der Waals surface area contributed by atoms with E-state index < -0.39 is 28.3 Å². The van der Waals surface area contributed by atoms with Crippen molar-refractivity contribution in [2.75, 3.05) is 14.1 Å². The molecular weight excluding hydrogens is 294 g/mol. The second-order valence-electron chi connectivity index (χ2n) is 4.80. The normalized spacial score (nSPS) is 10.6. The van der Waals surface area contributed by atoms with Crippen molar-refractivity contribution in [1.29, 1.82) is 0 Å². The number of pyridine rings is 1. The van der Waals surface area contributed by atoms with E-state index in [9.17, 15) is 24.3 Å². The highest BCUT2D eigenvalue weighted by molar-refractivity contribution is 5.88. The molecule has 2 rings (SSSR count). The minimum atomic E-state index is -1.51. The largest absolute Gasteiger partial charge is 0.503 e. The first-order valence-electron chi connectivity index (χ1n) is 6.15. The molecule has 9 heteroatoms. The van der Waals surface area contributed by atoms with Crippen LogP contribution in [0.2, 0.25) is 0 Å². The zero-order chi connectivity index (χ0) is 16.6. The first-order valence-corrected chi connectivity index (χ1v) is 6.15. The quantitative estimate of drug-likeness (QED) is 0.746. The van der Waals surface area contributed by atoms with E-state index >= 15 is 0 Å². The zero-order valence-corrected chi connectivity index (χ0v) is 11.8. The zero-order valence-electron chi connectivity index (χ0n) is 11.8. The molecule has 0 aromatic carbocycles. The molecular formula is C13H13N3O6. The average molecular weight is 307 g/mol. The Labute approximate surface area is 123 Å². The number of aromatic carboxylic acids is 1. The molecule has 22 heavy (non-hydrogen) atoms. The molecule has 0 saturated carbocycles. The van der Waals surface area contributed by atoms with E-state index in [1.807, 2.05) is 0 Å². The molecule has 2 aromatic rings. The SMILES string of the molecule is CN(C)C(=O)Cn1ccn2cc(C(=O)O)c(=O)c(O)c2c1=O. The molecule has 0 spiro atoms. The third kappa shape index (κ3) is 2.43. The summed E-state index contributed by atoms with van der Waals surface area (Å²) in [5.41, 5.74) is -2.97. The van der Waals surface area contributed by atoms with Crippen LogP contribution in [0.3, 0.4) is 0 Å². The molecule has 2 heterocycles. The Bertz CT molecular complexity index is 893. The summed E-state index contributed by atoms with van der Waals surface area (Å²) in [6.07, 6.45) is 3.50. The van der Waals surface area contributed by atoms with E-state index in [1.54, 1.807) is 0 Å². The Morgan fingerprint density at radius 1 is 1.23 bits per heavy atom. The Balaban J connectivity index is 2.72. The van der Waals surface area contributed by atoms with Crippen LogP contribution in [0.4, 0.5) is 0 Å². The van der Waals surface area contributed by atoms with Crippen molar-refractivity contribution in [2.24, 2.45) is 0 Å². The van der Waals surface area contributed by atoms with Crippen molar-refractivity contribution < 1.29 is 19.8 Å². The highest BCUT2D eigenvalue weighted by atomic mass is 16.4. The van der Waals surface area contributed by atoms with E-state index in [0.717, 1.165) is 15.2 Å². The highest BCUT2D eigenvalue weighted by Gasteiger charge is 2.19. The van der Waals surface area contributed by atoms with Crippen LogP contribution >= 0.6 is 0 Å². The number of nitrogens with zero attached hydrogens (tertiary/aromatic N) is 3. The summed E-state index contributed by atoms with van der Waals surface area (Å²) >= 11 is 0. The monoisotopic (exact) mass is 307 g/mol. The molecule has 116 valence electrons. The molecule has 2 N–H and O–H groups in total. The minimum Gasteiger partial charge on any atom is -0.503 e. The number of hydrogen-bond acceptors (Lipinski definition) is 5. The van der Waals surface area contributed by atoms with Crippen molar-refractivity contribution in [1.82, 2.24) is 13.9 Å². The minimum absolute atomic E-state index is 0.267. The van der Waals surface area contributed by atoms with Crippen molar-refractivity contribution in [3.63, 3.8) is 0 Å². The third-order valence-electron chi connectivity index (χ3n) is 3.12. The van der Waals surface area contributed by atoms with Crippen LogP contribution in [0.25, 0.3) is 5.52 Å². The maximum atomic E-state index is 12.3. The second-order valence-corrected chi connectivity index (χ2v) is 4.80. The van der Waals surface area contributed by atoms with Gasteiger partial charge in [0.25, 0.3) is 5.56 Å². The van der Waals surface area contributed by atoms with Crippen molar-refractivity contribution in [3.05, 3.63) is 44.7 Å². The smallest absolute Gasteiger partial charge is 0.341 e. The van der Waals surface area contributed by atoms with Crippen LogP contribution in [0, 0.1) is 0 Å². The summed E-state index contributed by atoms with van der Waals surface area (Å²) in [5, 5.41) is 18.7.